The molecule has 2 heterocycles. The zero-order chi connectivity index (χ0) is 14.3. The monoisotopic (exact) mass is 269 g/mol. The number of benzene rings is 1. The molecule has 0 radical (unpaired) electrons. The molecular formula is C16H19N3O. The van der Waals surface area contributed by atoms with Crippen molar-refractivity contribution in [3.05, 3.63) is 53.0 Å². The lowest BCUT2D eigenvalue weighted by atomic mass is 10.0. The molecule has 0 spiro atoms. The maximum absolute atomic E-state index is 6.34. The normalized spacial score (nSPS) is 13.0. The summed E-state index contributed by atoms with van der Waals surface area (Å²) in [7, 11) is 0. The molecule has 0 bridgehead atoms. The molecule has 0 amide bonds. The number of furan rings is 1. The first-order valence-electron chi connectivity index (χ1n) is 6.87. The first-order valence-corrected chi connectivity index (χ1v) is 6.87. The second kappa shape index (κ2) is 4.80. The van der Waals surface area contributed by atoms with Crippen molar-refractivity contribution in [2.75, 3.05) is 0 Å². The third-order valence-electron chi connectivity index (χ3n) is 3.75. The molecule has 0 saturated carbocycles. The van der Waals surface area contributed by atoms with Gasteiger partial charge in [0.2, 0.25) is 0 Å². The average Bonchev–Trinajstić information content (AvgIpc) is 3.03. The number of aryl methyl sites for hydroxylation is 3. The molecule has 3 aromatic rings. The molecule has 4 nitrogen and oxygen atoms in total. The molecule has 104 valence electrons. The van der Waals surface area contributed by atoms with Crippen molar-refractivity contribution in [1.29, 1.82) is 0 Å². The summed E-state index contributed by atoms with van der Waals surface area (Å²) in [4.78, 5) is 0. The van der Waals surface area contributed by atoms with Crippen LogP contribution in [-0.4, -0.2) is 9.78 Å². The minimum absolute atomic E-state index is 0.275. The van der Waals surface area contributed by atoms with Crippen LogP contribution >= 0.6 is 0 Å². The molecular weight excluding hydrogens is 250 g/mol. The highest BCUT2D eigenvalue weighted by atomic mass is 16.3. The van der Waals surface area contributed by atoms with E-state index in [4.69, 9.17) is 10.2 Å². The summed E-state index contributed by atoms with van der Waals surface area (Å²) in [5.41, 5.74) is 10.5. The van der Waals surface area contributed by atoms with Gasteiger partial charge < -0.3 is 10.2 Å². The summed E-state index contributed by atoms with van der Waals surface area (Å²) in [6, 6.07) is 5.96. The zero-order valence-corrected chi connectivity index (χ0v) is 12.1. The number of nitrogens with two attached hydrogens (primary N) is 1. The van der Waals surface area contributed by atoms with E-state index in [1.807, 2.05) is 23.1 Å². The summed E-state index contributed by atoms with van der Waals surface area (Å²) >= 11 is 0. The summed E-state index contributed by atoms with van der Waals surface area (Å²) < 4.78 is 7.85. The van der Waals surface area contributed by atoms with Gasteiger partial charge in [0, 0.05) is 29.3 Å². The number of hydrogen-bond acceptors (Lipinski definition) is 3. The quantitative estimate of drug-likeness (QED) is 0.793. The number of nitrogens with zero attached hydrogens (tertiary/aromatic N) is 2. The molecule has 20 heavy (non-hydrogen) atoms. The van der Waals surface area contributed by atoms with Gasteiger partial charge in [0.05, 0.1) is 12.2 Å². The van der Waals surface area contributed by atoms with Crippen LogP contribution in [0.15, 0.2) is 35.0 Å². The van der Waals surface area contributed by atoms with Crippen molar-refractivity contribution in [3.8, 4) is 0 Å². The lowest BCUT2D eigenvalue weighted by Gasteiger charge is -2.07. The van der Waals surface area contributed by atoms with Crippen LogP contribution in [-0.2, 0) is 6.54 Å². The first-order chi connectivity index (χ1) is 9.60. The van der Waals surface area contributed by atoms with Crippen molar-refractivity contribution < 1.29 is 4.42 Å². The van der Waals surface area contributed by atoms with Gasteiger partial charge in [-0.3, -0.25) is 4.68 Å². The van der Waals surface area contributed by atoms with Crippen LogP contribution in [0.4, 0.5) is 0 Å². The van der Waals surface area contributed by atoms with E-state index in [1.165, 1.54) is 5.56 Å². The molecule has 0 aliphatic carbocycles. The molecule has 3 rings (SSSR count). The van der Waals surface area contributed by atoms with E-state index in [1.54, 1.807) is 0 Å². The van der Waals surface area contributed by atoms with E-state index in [2.05, 4.69) is 38.0 Å². The van der Waals surface area contributed by atoms with Gasteiger partial charge in [0.1, 0.15) is 11.3 Å². The van der Waals surface area contributed by atoms with E-state index in [-0.39, 0.29) is 6.04 Å². The predicted molar refractivity (Wildman–Crippen MR) is 79.6 cm³/mol. The van der Waals surface area contributed by atoms with E-state index < -0.39 is 0 Å². The van der Waals surface area contributed by atoms with Gasteiger partial charge in [-0.2, -0.15) is 5.10 Å². The van der Waals surface area contributed by atoms with Gasteiger partial charge >= 0.3 is 0 Å². The topological polar surface area (TPSA) is 57.0 Å². The van der Waals surface area contributed by atoms with Gasteiger partial charge in [-0.15, -0.1) is 0 Å². The Hall–Kier alpha value is -2.07. The molecule has 1 atom stereocenters. The van der Waals surface area contributed by atoms with Crippen LogP contribution in [0.3, 0.4) is 0 Å². The highest BCUT2D eigenvalue weighted by Gasteiger charge is 2.19. The highest BCUT2D eigenvalue weighted by Crippen LogP contribution is 2.31. The number of rotatable bonds is 3. The van der Waals surface area contributed by atoms with Gasteiger partial charge in [-0.05, 0) is 32.4 Å². The molecule has 0 fully saturated rings. The molecule has 2 aromatic heterocycles. The first kappa shape index (κ1) is 12.9. The maximum atomic E-state index is 6.34. The van der Waals surface area contributed by atoms with Crippen molar-refractivity contribution in [1.82, 2.24) is 9.78 Å². The molecule has 4 heteroatoms. The Kier molecular flexibility index (Phi) is 3.10. The SMILES string of the molecule is CCn1cc(C(N)c2oc3cc(C)ccc3c2C)cn1. The van der Waals surface area contributed by atoms with Gasteiger partial charge in [0.25, 0.3) is 0 Å². The van der Waals surface area contributed by atoms with Crippen LogP contribution in [0.2, 0.25) is 0 Å². The molecule has 0 aliphatic rings. The molecule has 1 unspecified atom stereocenters. The van der Waals surface area contributed by atoms with Crippen LogP contribution in [0, 0.1) is 13.8 Å². The Morgan fingerprint density at radius 3 is 2.85 bits per heavy atom. The summed E-state index contributed by atoms with van der Waals surface area (Å²) in [6.07, 6.45) is 3.79. The van der Waals surface area contributed by atoms with Crippen LogP contribution in [0.1, 0.15) is 35.4 Å². The summed E-state index contributed by atoms with van der Waals surface area (Å²) in [6.45, 7) is 7.01. The Morgan fingerprint density at radius 1 is 1.35 bits per heavy atom. The average molecular weight is 269 g/mol. The van der Waals surface area contributed by atoms with Crippen molar-refractivity contribution in [3.63, 3.8) is 0 Å². The Balaban J connectivity index is 2.06. The van der Waals surface area contributed by atoms with Crippen LogP contribution < -0.4 is 5.73 Å². The predicted octanol–water partition coefficient (Wildman–Crippen LogP) is 3.31. The highest BCUT2D eigenvalue weighted by molar-refractivity contribution is 5.82. The second-order valence-corrected chi connectivity index (χ2v) is 5.20. The lowest BCUT2D eigenvalue weighted by molar-refractivity contribution is 0.520. The Bertz CT molecular complexity index is 754. The van der Waals surface area contributed by atoms with Gasteiger partial charge in [-0.25, -0.2) is 0 Å². The molecule has 2 N–H and O–H groups in total. The zero-order valence-electron chi connectivity index (χ0n) is 12.1. The summed E-state index contributed by atoms with van der Waals surface area (Å²) in [5.74, 6) is 0.821. The smallest absolute Gasteiger partial charge is 0.134 e. The molecule has 0 aliphatic heterocycles. The van der Waals surface area contributed by atoms with Crippen LogP contribution in [0.25, 0.3) is 11.0 Å². The van der Waals surface area contributed by atoms with Crippen molar-refractivity contribution in [2.24, 2.45) is 5.73 Å². The van der Waals surface area contributed by atoms with Gasteiger partial charge in [-0.1, -0.05) is 12.1 Å². The largest absolute Gasteiger partial charge is 0.459 e. The fraction of sp³-hybridized carbons (Fsp3) is 0.312. The third kappa shape index (κ3) is 2.02. The van der Waals surface area contributed by atoms with Crippen molar-refractivity contribution in [2.45, 2.75) is 33.4 Å². The van der Waals surface area contributed by atoms with E-state index in [0.717, 1.165) is 34.4 Å². The fourth-order valence-electron chi connectivity index (χ4n) is 2.51. The van der Waals surface area contributed by atoms with Crippen molar-refractivity contribution >= 4 is 11.0 Å². The molecule has 1 aromatic carbocycles. The number of hydrogen-bond donors (Lipinski definition) is 1. The number of aromatic nitrogens is 2. The minimum Gasteiger partial charge on any atom is -0.459 e. The third-order valence-corrected chi connectivity index (χ3v) is 3.75. The maximum Gasteiger partial charge on any atom is 0.134 e. The molecule has 0 saturated heterocycles. The Morgan fingerprint density at radius 2 is 2.15 bits per heavy atom. The number of fused-ring (bicyclic) bond motifs is 1. The Labute approximate surface area is 118 Å². The van der Waals surface area contributed by atoms with Gasteiger partial charge in [0.15, 0.2) is 0 Å². The van der Waals surface area contributed by atoms with E-state index in [0.29, 0.717) is 0 Å². The van der Waals surface area contributed by atoms with E-state index in [9.17, 15) is 0 Å². The van der Waals surface area contributed by atoms with Crippen LogP contribution in [0.5, 0.6) is 0 Å². The fourth-order valence-corrected chi connectivity index (χ4v) is 2.51. The summed E-state index contributed by atoms with van der Waals surface area (Å²) in [5, 5.41) is 5.40. The minimum atomic E-state index is -0.275. The second-order valence-electron chi connectivity index (χ2n) is 5.20. The lowest BCUT2D eigenvalue weighted by Crippen LogP contribution is -2.11. The van der Waals surface area contributed by atoms with E-state index >= 15 is 0 Å². The standard InChI is InChI=1S/C16H19N3O/c1-4-19-9-12(8-18-19)15(17)16-11(3)13-6-5-10(2)7-14(13)20-16/h5-9,15H,4,17H2,1-3H3.